The summed E-state index contributed by atoms with van der Waals surface area (Å²) in [6, 6.07) is 7.06. The summed E-state index contributed by atoms with van der Waals surface area (Å²) in [5, 5.41) is 2.73. The number of carbonyl (C=O) groups excluding carboxylic acids is 1. The van der Waals surface area contributed by atoms with E-state index in [4.69, 9.17) is 5.73 Å². The lowest BCUT2D eigenvalue weighted by Gasteiger charge is -2.22. The van der Waals surface area contributed by atoms with Gasteiger partial charge in [-0.05, 0) is 50.8 Å². The van der Waals surface area contributed by atoms with E-state index in [1.165, 1.54) is 11.8 Å². The summed E-state index contributed by atoms with van der Waals surface area (Å²) in [6.07, 6.45) is 3.68. The molecule has 1 aliphatic rings. The lowest BCUT2D eigenvalue weighted by Crippen LogP contribution is -2.43. The fraction of sp³-hybridized carbons (Fsp3) is 0.611. The summed E-state index contributed by atoms with van der Waals surface area (Å²) in [5.41, 5.74) is 5.77. The molecule has 1 fully saturated rings. The van der Waals surface area contributed by atoms with Gasteiger partial charge >= 0.3 is 0 Å². The summed E-state index contributed by atoms with van der Waals surface area (Å²) < 4.78 is 24.9. The molecular formula is C18H29ClN2O3S2. The minimum atomic E-state index is -3.32. The Hall–Kier alpha value is -0.760. The summed E-state index contributed by atoms with van der Waals surface area (Å²) >= 11 is 1.30. The van der Waals surface area contributed by atoms with Crippen molar-refractivity contribution < 1.29 is 13.2 Å². The molecule has 0 heterocycles. The predicted octanol–water partition coefficient (Wildman–Crippen LogP) is 3.02. The van der Waals surface area contributed by atoms with Crippen molar-refractivity contribution >= 4 is 39.9 Å². The minimum Gasteiger partial charge on any atom is -0.352 e. The van der Waals surface area contributed by atoms with Gasteiger partial charge in [0.15, 0.2) is 9.84 Å². The van der Waals surface area contributed by atoms with Crippen LogP contribution >= 0.6 is 24.2 Å². The molecule has 1 aromatic rings. The zero-order valence-corrected chi connectivity index (χ0v) is 17.8. The molecule has 5 nitrogen and oxygen atoms in total. The van der Waals surface area contributed by atoms with Crippen molar-refractivity contribution in [1.82, 2.24) is 5.32 Å². The number of hydrogen-bond acceptors (Lipinski definition) is 5. The van der Waals surface area contributed by atoms with Crippen LogP contribution in [0.1, 0.15) is 39.5 Å². The van der Waals surface area contributed by atoms with Crippen molar-refractivity contribution in [2.75, 3.05) is 12.3 Å². The summed E-state index contributed by atoms with van der Waals surface area (Å²) in [4.78, 5) is 13.5. The van der Waals surface area contributed by atoms with Gasteiger partial charge in [0, 0.05) is 10.9 Å². The molecule has 1 aliphatic carbocycles. The van der Waals surface area contributed by atoms with Crippen LogP contribution in [0.15, 0.2) is 34.1 Å². The fourth-order valence-electron chi connectivity index (χ4n) is 3.24. The third-order valence-electron chi connectivity index (χ3n) is 4.62. The van der Waals surface area contributed by atoms with E-state index in [0.29, 0.717) is 28.7 Å². The van der Waals surface area contributed by atoms with Crippen LogP contribution in [0.2, 0.25) is 0 Å². The van der Waals surface area contributed by atoms with Gasteiger partial charge in [-0.3, -0.25) is 4.79 Å². The first-order valence-corrected chi connectivity index (χ1v) is 11.4. The highest BCUT2D eigenvalue weighted by molar-refractivity contribution is 8.01. The zero-order valence-electron chi connectivity index (χ0n) is 15.3. The lowest BCUT2D eigenvalue weighted by atomic mass is 10.0. The first kappa shape index (κ1) is 23.3. The average molecular weight is 421 g/mol. The fourth-order valence-corrected chi connectivity index (χ4v) is 6.08. The van der Waals surface area contributed by atoms with Gasteiger partial charge in [0.2, 0.25) is 5.91 Å². The van der Waals surface area contributed by atoms with Crippen molar-refractivity contribution in [3.05, 3.63) is 24.3 Å². The maximum atomic E-state index is 12.5. The van der Waals surface area contributed by atoms with E-state index in [2.05, 4.69) is 5.32 Å². The van der Waals surface area contributed by atoms with Crippen molar-refractivity contribution in [2.45, 2.75) is 60.6 Å². The van der Waals surface area contributed by atoms with Crippen molar-refractivity contribution in [2.24, 2.45) is 11.7 Å². The zero-order chi connectivity index (χ0) is 18.4. The topological polar surface area (TPSA) is 89.3 Å². The molecule has 148 valence electrons. The first-order valence-electron chi connectivity index (χ1n) is 8.88. The number of hydrogen-bond donors (Lipinski definition) is 2. The second kappa shape index (κ2) is 10.5. The smallest absolute Gasteiger partial charge is 0.233 e. The second-order valence-electron chi connectivity index (χ2n) is 6.57. The van der Waals surface area contributed by atoms with Crippen LogP contribution in [0.4, 0.5) is 0 Å². The van der Waals surface area contributed by atoms with Crippen LogP contribution in [0.5, 0.6) is 0 Å². The van der Waals surface area contributed by atoms with Gasteiger partial charge in [-0.1, -0.05) is 25.5 Å². The van der Waals surface area contributed by atoms with Gasteiger partial charge in [-0.15, -0.1) is 24.2 Å². The number of thioether (sulfide) groups is 1. The Balaban J connectivity index is 0.00000338. The molecule has 3 unspecified atom stereocenters. The van der Waals surface area contributed by atoms with Crippen molar-refractivity contribution in [3.63, 3.8) is 0 Å². The Morgan fingerprint density at radius 2 is 2.04 bits per heavy atom. The highest BCUT2D eigenvalue weighted by Crippen LogP contribution is 2.31. The summed E-state index contributed by atoms with van der Waals surface area (Å²) in [7, 11) is -3.32. The number of rotatable bonds is 8. The third kappa shape index (κ3) is 5.87. The molecule has 2 rings (SSSR count). The maximum absolute atomic E-state index is 12.5. The van der Waals surface area contributed by atoms with E-state index in [1.54, 1.807) is 24.3 Å². The number of nitrogens with two attached hydrogens (primary N) is 1. The van der Waals surface area contributed by atoms with Crippen LogP contribution in [-0.4, -0.2) is 37.9 Å². The van der Waals surface area contributed by atoms with Crippen LogP contribution in [0, 0.1) is 5.92 Å². The Morgan fingerprint density at radius 1 is 1.35 bits per heavy atom. The standard InChI is InChI=1S/C18H28N2O3S2.ClH/c1-3-11-25(22,23)17-10-5-4-9-16(17)24-13(2)18(21)20-15-8-6-7-14(15)12-19;/h4-5,9-10,13-15H,3,6-8,11-12,19H2,1-2H3,(H,20,21);1H. The molecule has 1 amide bonds. The monoisotopic (exact) mass is 420 g/mol. The summed E-state index contributed by atoms with van der Waals surface area (Å²) in [5.74, 6) is 0.405. The third-order valence-corrected chi connectivity index (χ3v) is 7.90. The molecule has 0 aromatic heterocycles. The van der Waals surface area contributed by atoms with Crippen LogP contribution in [0.3, 0.4) is 0 Å². The number of carbonyl (C=O) groups is 1. The normalized spacial score (nSPS) is 21.0. The molecule has 8 heteroatoms. The molecule has 3 N–H and O–H groups in total. The van der Waals surface area contributed by atoms with Crippen molar-refractivity contribution in [3.8, 4) is 0 Å². The first-order chi connectivity index (χ1) is 11.9. The van der Waals surface area contributed by atoms with E-state index >= 15 is 0 Å². The highest BCUT2D eigenvalue weighted by Gasteiger charge is 2.29. The number of amides is 1. The average Bonchev–Trinajstić information content (AvgIpc) is 3.02. The van der Waals surface area contributed by atoms with Gasteiger partial charge < -0.3 is 11.1 Å². The molecule has 0 bridgehead atoms. The van der Waals surface area contributed by atoms with E-state index in [-0.39, 0.29) is 35.4 Å². The molecule has 0 radical (unpaired) electrons. The van der Waals surface area contributed by atoms with Crippen molar-refractivity contribution in [1.29, 1.82) is 0 Å². The predicted molar refractivity (Wildman–Crippen MR) is 110 cm³/mol. The second-order valence-corrected chi connectivity index (χ2v) is 10.0. The Bertz CT molecular complexity index is 697. The number of halogens is 1. The van der Waals surface area contributed by atoms with Crippen LogP contribution in [-0.2, 0) is 14.6 Å². The quantitative estimate of drug-likeness (QED) is 0.631. The summed E-state index contributed by atoms with van der Waals surface area (Å²) in [6.45, 7) is 4.25. The molecule has 3 atom stereocenters. The molecule has 0 saturated heterocycles. The Labute approximate surface area is 167 Å². The SMILES string of the molecule is CCCS(=O)(=O)c1ccccc1SC(C)C(=O)NC1CCCC1CN.Cl. The Kier molecular flexibility index (Phi) is 9.44. The van der Waals surface area contributed by atoms with Gasteiger partial charge in [-0.25, -0.2) is 8.42 Å². The van der Waals surface area contributed by atoms with Gasteiger partial charge in [0.05, 0.1) is 15.9 Å². The van der Waals surface area contributed by atoms with E-state index in [1.807, 2.05) is 13.8 Å². The van der Waals surface area contributed by atoms with E-state index < -0.39 is 9.84 Å². The molecule has 26 heavy (non-hydrogen) atoms. The van der Waals surface area contributed by atoms with Gasteiger partial charge in [0.25, 0.3) is 0 Å². The van der Waals surface area contributed by atoms with Gasteiger partial charge in [0.1, 0.15) is 0 Å². The van der Waals surface area contributed by atoms with Crippen LogP contribution in [0.25, 0.3) is 0 Å². The highest BCUT2D eigenvalue weighted by atomic mass is 35.5. The number of nitrogens with one attached hydrogen (secondary N) is 1. The number of benzene rings is 1. The molecular weight excluding hydrogens is 392 g/mol. The molecule has 0 aliphatic heterocycles. The Morgan fingerprint density at radius 3 is 2.69 bits per heavy atom. The molecule has 0 spiro atoms. The molecule has 1 saturated carbocycles. The van der Waals surface area contributed by atoms with Crippen LogP contribution < -0.4 is 11.1 Å². The van der Waals surface area contributed by atoms with E-state index in [9.17, 15) is 13.2 Å². The number of sulfone groups is 1. The maximum Gasteiger partial charge on any atom is 0.233 e. The lowest BCUT2D eigenvalue weighted by molar-refractivity contribution is -0.121. The minimum absolute atomic E-state index is 0. The van der Waals surface area contributed by atoms with E-state index in [0.717, 1.165) is 19.3 Å². The largest absolute Gasteiger partial charge is 0.352 e. The molecule has 1 aromatic carbocycles. The van der Waals surface area contributed by atoms with Gasteiger partial charge in [-0.2, -0.15) is 0 Å².